The monoisotopic (exact) mass is 292 g/mol. The van der Waals surface area contributed by atoms with Gasteiger partial charge < -0.3 is 10.0 Å². The Balaban J connectivity index is 2.29. The van der Waals surface area contributed by atoms with Crippen LogP contribution < -0.4 is 0 Å². The second-order valence-electron chi connectivity index (χ2n) is 4.63. The van der Waals surface area contributed by atoms with Crippen molar-refractivity contribution in [2.75, 3.05) is 32.4 Å². The molecule has 19 heavy (non-hydrogen) atoms. The minimum atomic E-state index is -3.15. The van der Waals surface area contributed by atoms with Gasteiger partial charge in [-0.3, -0.25) is 9.59 Å². The lowest BCUT2D eigenvalue weighted by molar-refractivity contribution is -0.138. The first kappa shape index (κ1) is 15.9. The Labute approximate surface area is 113 Å². The van der Waals surface area contributed by atoms with Crippen molar-refractivity contribution in [3.8, 4) is 0 Å². The third-order valence-electron chi connectivity index (χ3n) is 3.09. The fraction of sp³-hybridized carbons (Fsp3) is 0.818. The van der Waals surface area contributed by atoms with Crippen LogP contribution in [0.3, 0.4) is 0 Å². The van der Waals surface area contributed by atoms with Gasteiger partial charge in [-0.25, -0.2) is 12.7 Å². The normalized spacial score (nSPS) is 18.4. The van der Waals surface area contributed by atoms with Crippen molar-refractivity contribution in [2.24, 2.45) is 0 Å². The number of sulfonamides is 1. The number of carboxylic acid groups (broad SMARTS) is 1. The fourth-order valence-electron chi connectivity index (χ4n) is 1.95. The van der Waals surface area contributed by atoms with E-state index in [1.807, 2.05) is 0 Å². The summed E-state index contributed by atoms with van der Waals surface area (Å²) in [5.41, 5.74) is 0. The molecule has 0 aliphatic carbocycles. The summed E-state index contributed by atoms with van der Waals surface area (Å²) in [5, 5.41) is 8.49. The lowest BCUT2D eigenvalue weighted by atomic mass is 10.3. The van der Waals surface area contributed by atoms with Gasteiger partial charge in [0, 0.05) is 39.5 Å². The van der Waals surface area contributed by atoms with Gasteiger partial charge in [0.25, 0.3) is 0 Å². The molecule has 1 amide bonds. The van der Waals surface area contributed by atoms with E-state index in [0.29, 0.717) is 25.9 Å². The van der Waals surface area contributed by atoms with Crippen LogP contribution in [0.1, 0.15) is 25.7 Å². The number of carbonyl (C=O) groups excluding carboxylic acids is 1. The van der Waals surface area contributed by atoms with Crippen LogP contribution in [-0.2, 0) is 19.6 Å². The number of rotatable bonds is 7. The quantitative estimate of drug-likeness (QED) is 0.697. The van der Waals surface area contributed by atoms with Gasteiger partial charge in [0.2, 0.25) is 15.9 Å². The maximum absolute atomic E-state index is 11.7. The first-order valence-electron chi connectivity index (χ1n) is 6.26. The maximum Gasteiger partial charge on any atom is 0.303 e. The summed E-state index contributed by atoms with van der Waals surface area (Å²) in [6.45, 7) is 1.07. The Bertz CT molecular complexity index is 434. The number of carbonyl (C=O) groups is 2. The SMILES string of the molecule is CN(CCCC(=O)O)C(=O)CCN1CCCS1(=O)=O. The van der Waals surface area contributed by atoms with Crippen LogP contribution in [0, 0.1) is 0 Å². The third kappa shape index (κ3) is 5.15. The standard InChI is InChI=1S/C11H20N2O5S/c1-12(6-2-4-11(15)16)10(14)5-8-13-7-3-9-19(13,17)18/h2-9H2,1H3,(H,15,16). The van der Waals surface area contributed by atoms with E-state index in [4.69, 9.17) is 5.11 Å². The van der Waals surface area contributed by atoms with E-state index in [0.717, 1.165) is 0 Å². The van der Waals surface area contributed by atoms with Crippen molar-refractivity contribution < 1.29 is 23.1 Å². The molecule has 0 aromatic carbocycles. The van der Waals surface area contributed by atoms with Gasteiger partial charge in [0.15, 0.2) is 0 Å². The topological polar surface area (TPSA) is 95.0 Å². The second kappa shape index (κ2) is 6.85. The predicted molar refractivity (Wildman–Crippen MR) is 69.1 cm³/mol. The summed E-state index contributed by atoms with van der Waals surface area (Å²) < 4.78 is 24.4. The van der Waals surface area contributed by atoms with Crippen LogP contribution in [0.5, 0.6) is 0 Å². The zero-order valence-corrected chi connectivity index (χ0v) is 11.9. The van der Waals surface area contributed by atoms with Crippen LogP contribution >= 0.6 is 0 Å². The van der Waals surface area contributed by atoms with Gasteiger partial charge in [0.1, 0.15) is 0 Å². The number of carboxylic acids is 1. The molecular formula is C11H20N2O5S. The molecule has 1 N–H and O–H groups in total. The summed E-state index contributed by atoms with van der Waals surface area (Å²) in [7, 11) is -1.55. The molecular weight excluding hydrogens is 272 g/mol. The Kier molecular flexibility index (Phi) is 5.74. The molecule has 0 atom stereocenters. The average Bonchev–Trinajstić information content (AvgIpc) is 2.64. The van der Waals surface area contributed by atoms with Gasteiger partial charge in [0.05, 0.1) is 5.75 Å². The highest BCUT2D eigenvalue weighted by molar-refractivity contribution is 7.89. The fourth-order valence-corrected chi connectivity index (χ4v) is 3.47. The Morgan fingerprint density at radius 2 is 2.00 bits per heavy atom. The highest BCUT2D eigenvalue weighted by Gasteiger charge is 2.28. The molecule has 1 aliphatic heterocycles. The summed E-state index contributed by atoms with van der Waals surface area (Å²) in [5.74, 6) is -0.883. The molecule has 0 unspecified atom stereocenters. The molecule has 0 aromatic rings. The number of nitrogens with zero attached hydrogens (tertiary/aromatic N) is 2. The van der Waals surface area contributed by atoms with Gasteiger partial charge in [-0.1, -0.05) is 0 Å². The van der Waals surface area contributed by atoms with E-state index >= 15 is 0 Å². The number of hydrogen-bond donors (Lipinski definition) is 1. The van der Waals surface area contributed by atoms with Gasteiger partial charge >= 0.3 is 5.97 Å². The number of amides is 1. The van der Waals surface area contributed by atoms with Crippen molar-refractivity contribution in [1.82, 2.24) is 9.21 Å². The molecule has 0 spiro atoms. The molecule has 1 rings (SSSR count). The lowest BCUT2D eigenvalue weighted by Crippen LogP contribution is -2.33. The van der Waals surface area contributed by atoms with E-state index in [1.54, 1.807) is 7.05 Å². The number of hydrogen-bond acceptors (Lipinski definition) is 4. The van der Waals surface area contributed by atoms with Crippen LogP contribution in [0.25, 0.3) is 0 Å². The third-order valence-corrected chi connectivity index (χ3v) is 5.04. The minimum Gasteiger partial charge on any atom is -0.481 e. The molecule has 8 heteroatoms. The summed E-state index contributed by atoms with van der Waals surface area (Å²) >= 11 is 0. The van der Waals surface area contributed by atoms with Crippen molar-refractivity contribution in [1.29, 1.82) is 0 Å². The van der Waals surface area contributed by atoms with E-state index in [2.05, 4.69) is 0 Å². The van der Waals surface area contributed by atoms with Gasteiger partial charge in [-0.2, -0.15) is 0 Å². The Morgan fingerprint density at radius 1 is 1.32 bits per heavy atom. The molecule has 1 heterocycles. The zero-order valence-electron chi connectivity index (χ0n) is 11.0. The van der Waals surface area contributed by atoms with Crippen molar-refractivity contribution in [3.05, 3.63) is 0 Å². The summed E-state index contributed by atoms with van der Waals surface area (Å²) in [4.78, 5) is 23.5. The molecule has 0 radical (unpaired) electrons. The second-order valence-corrected chi connectivity index (χ2v) is 6.72. The summed E-state index contributed by atoms with van der Waals surface area (Å²) in [6.07, 6.45) is 1.19. The molecule has 0 aromatic heterocycles. The molecule has 1 aliphatic rings. The minimum absolute atomic E-state index is 0.0259. The summed E-state index contributed by atoms with van der Waals surface area (Å²) in [6, 6.07) is 0. The molecule has 110 valence electrons. The van der Waals surface area contributed by atoms with E-state index in [1.165, 1.54) is 9.21 Å². The van der Waals surface area contributed by atoms with E-state index in [9.17, 15) is 18.0 Å². The maximum atomic E-state index is 11.7. The molecule has 0 bridgehead atoms. The Hall–Kier alpha value is -1.15. The predicted octanol–water partition coefficient (Wildman–Crippen LogP) is -0.265. The van der Waals surface area contributed by atoms with Crippen LogP contribution in [0.2, 0.25) is 0 Å². The number of aliphatic carboxylic acids is 1. The van der Waals surface area contributed by atoms with Crippen LogP contribution in [0.4, 0.5) is 0 Å². The van der Waals surface area contributed by atoms with Gasteiger partial charge in [-0.05, 0) is 12.8 Å². The smallest absolute Gasteiger partial charge is 0.303 e. The Morgan fingerprint density at radius 3 is 2.53 bits per heavy atom. The average molecular weight is 292 g/mol. The molecule has 0 saturated carbocycles. The molecule has 7 nitrogen and oxygen atoms in total. The first-order valence-corrected chi connectivity index (χ1v) is 7.87. The van der Waals surface area contributed by atoms with Crippen molar-refractivity contribution in [2.45, 2.75) is 25.7 Å². The molecule has 1 fully saturated rings. The first-order chi connectivity index (χ1) is 8.83. The van der Waals surface area contributed by atoms with Crippen molar-refractivity contribution >= 4 is 21.9 Å². The lowest BCUT2D eigenvalue weighted by Gasteiger charge is -2.19. The van der Waals surface area contributed by atoms with Crippen molar-refractivity contribution in [3.63, 3.8) is 0 Å². The van der Waals surface area contributed by atoms with E-state index < -0.39 is 16.0 Å². The highest BCUT2D eigenvalue weighted by Crippen LogP contribution is 2.13. The largest absolute Gasteiger partial charge is 0.481 e. The van der Waals surface area contributed by atoms with Crippen LogP contribution in [-0.4, -0.2) is 67.0 Å². The zero-order chi connectivity index (χ0) is 14.5. The van der Waals surface area contributed by atoms with Crippen LogP contribution in [0.15, 0.2) is 0 Å². The molecule has 1 saturated heterocycles. The van der Waals surface area contributed by atoms with E-state index in [-0.39, 0.29) is 31.0 Å². The van der Waals surface area contributed by atoms with Gasteiger partial charge in [-0.15, -0.1) is 0 Å². The highest BCUT2D eigenvalue weighted by atomic mass is 32.2.